The summed E-state index contributed by atoms with van der Waals surface area (Å²) >= 11 is 0. The van der Waals surface area contributed by atoms with Gasteiger partial charge in [-0.05, 0) is 32.6 Å². The molecule has 1 aromatic rings. The largest absolute Gasteiger partial charge is 0.480 e. The van der Waals surface area contributed by atoms with Crippen molar-refractivity contribution < 1.29 is 14.7 Å². The minimum absolute atomic E-state index is 0.111. The van der Waals surface area contributed by atoms with Crippen molar-refractivity contribution in [3.05, 3.63) is 17.0 Å². The zero-order chi connectivity index (χ0) is 16.4. The molecule has 1 amide bonds. The minimum atomic E-state index is -0.908. The van der Waals surface area contributed by atoms with Gasteiger partial charge in [0, 0.05) is 24.3 Å². The Morgan fingerprint density at radius 2 is 2.05 bits per heavy atom. The monoisotopic (exact) mass is 307 g/mol. The molecular formula is C16H25N3O3. The van der Waals surface area contributed by atoms with Crippen molar-refractivity contribution in [2.24, 2.45) is 5.92 Å². The molecule has 1 aliphatic rings. The van der Waals surface area contributed by atoms with Crippen LogP contribution < -0.4 is 0 Å². The van der Waals surface area contributed by atoms with Crippen LogP contribution in [-0.2, 0) is 22.6 Å². The predicted octanol–water partition coefficient (Wildman–Crippen LogP) is 1.77. The molecule has 22 heavy (non-hydrogen) atoms. The number of carboxylic acids is 1. The number of carbonyl (C=O) groups is 2. The van der Waals surface area contributed by atoms with Crippen LogP contribution in [0.4, 0.5) is 0 Å². The van der Waals surface area contributed by atoms with Gasteiger partial charge in [-0.25, -0.2) is 4.79 Å². The third kappa shape index (κ3) is 3.31. The van der Waals surface area contributed by atoms with E-state index < -0.39 is 12.0 Å². The van der Waals surface area contributed by atoms with Crippen LogP contribution in [0.15, 0.2) is 0 Å². The Hall–Kier alpha value is -1.85. The Kier molecular flexibility index (Phi) is 4.88. The first-order chi connectivity index (χ1) is 10.3. The van der Waals surface area contributed by atoms with E-state index in [2.05, 4.69) is 18.9 Å². The smallest absolute Gasteiger partial charge is 0.326 e. The molecule has 1 N–H and O–H groups in total. The van der Waals surface area contributed by atoms with E-state index in [-0.39, 0.29) is 12.3 Å². The number of aromatic nitrogens is 2. The lowest BCUT2D eigenvalue weighted by molar-refractivity contribution is -0.148. The van der Waals surface area contributed by atoms with Crippen molar-refractivity contribution in [3.8, 4) is 0 Å². The highest BCUT2D eigenvalue weighted by atomic mass is 16.4. The molecule has 2 rings (SSSR count). The minimum Gasteiger partial charge on any atom is -0.480 e. The zero-order valence-corrected chi connectivity index (χ0v) is 13.8. The molecule has 6 heteroatoms. The number of aliphatic carboxylic acids is 1. The maximum atomic E-state index is 12.5. The van der Waals surface area contributed by atoms with Crippen molar-refractivity contribution in [1.29, 1.82) is 0 Å². The highest BCUT2D eigenvalue weighted by molar-refractivity contribution is 5.85. The number of amides is 1. The van der Waals surface area contributed by atoms with Gasteiger partial charge in [0.1, 0.15) is 6.04 Å². The Balaban J connectivity index is 2.15. The number of rotatable bonds is 5. The Labute approximate surface area is 131 Å². The fraction of sp³-hybridized carbons (Fsp3) is 0.688. The second kappa shape index (κ2) is 6.50. The van der Waals surface area contributed by atoms with Crippen LogP contribution in [-0.4, -0.2) is 44.3 Å². The van der Waals surface area contributed by atoms with Crippen LogP contribution in [0, 0.1) is 19.8 Å². The molecule has 122 valence electrons. The van der Waals surface area contributed by atoms with Gasteiger partial charge in [-0.15, -0.1) is 0 Å². The standard InChI is InChI=1S/C16H25N3O3/c1-10(2)9-19-12(4)13(11(3)17-19)8-15(20)18-7-5-6-14(18)16(21)22/h10,14H,5-9H2,1-4H3,(H,21,22)/t14-/m1/s1. The third-order valence-electron chi connectivity index (χ3n) is 4.26. The Morgan fingerprint density at radius 1 is 1.36 bits per heavy atom. The SMILES string of the molecule is Cc1nn(CC(C)C)c(C)c1CC(=O)N1CCC[C@@H]1C(=O)O. The maximum absolute atomic E-state index is 12.5. The molecule has 0 unspecified atom stereocenters. The summed E-state index contributed by atoms with van der Waals surface area (Å²) in [4.78, 5) is 25.2. The summed E-state index contributed by atoms with van der Waals surface area (Å²) in [6.45, 7) is 9.50. The molecular weight excluding hydrogens is 282 g/mol. The van der Waals surface area contributed by atoms with E-state index in [0.29, 0.717) is 18.9 Å². The third-order valence-corrected chi connectivity index (χ3v) is 4.26. The molecule has 1 aliphatic heterocycles. The highest BCUT2D eigenvalue weighted by Crippen LogP contribution is 2.21. The number of hydrogen-bond acceptors (Lipinski definition) is 3. The average molecular weight is 307 g/mol. The summed E-state index contributed by atoms with van der Waals surface area (Å²) in [5.41, 5.74) is 2.80. The van der Waals surface area contributed by atoms with Crippen molar-refractivity contribution in [3.63, 3.8) is 0 Å². The quantitative estimate of drug-likeness (QED) is 0.899. The van der Waals surface area contributed by atoms with Gasteiger partial charge in [-0.3, -0.25) is 9.48 Å². The summed E-state index contributed by atoms with van der Waals surface area (Å²) < 4.78 is 1.95. The van der Waals surface area contributed by atoms with Crippen molar-refractivity contribution in [2.75, 3.05) is 6.54 Å². The van der Waals surface area contributed by atoms with E-state index in [4.69, 9.17) is 0 Å². The fourth-order valence-corrected chi connectivity index (χ4v) is 3.09. The Morgan fingerprint density at radius 3 is 2.64 bits per heavy atom. The number of likely N-dealkylation sites (tertiary alicyclic amines) is 1. The van der Waals surface area contributed by atoms with Gasteiger partial charge in [0.25, 0.3) is 0 Å². The fourth-order valence-electron chi connectivity index (χ4n) is 3.09. The summed E-state index contributed by atoms with van der Waals surface area (Å²) in [7, 11) is 0. The number of carbonyl (C=O) groups excluding carboxylic acids is 1. The van der Waals surface area contributed by atoms with Gasteiger partial charge in [0.05, 0.1) is 12.1 Å². The van der Waals surface area contributed by atoms with Crippen molar-refractivity contribution in [2.45, 2.75) is 59.5 Å². The molecule has 1 atom stereocenters. The van der Waals surface area contributed by atoms with E-state index in [1.54, 1.807) is 0 Å². The summed E-state index contributed by atoms with van der Waals surface area (Å²) in [6.07, 6.45) is 1.54. The normalized spacial score (nSPS) is 18.2. The van der Waals surface area contributed by atoms with Crippen LogP contribution in [0.2, 0.25) is 0 Å². The van der Waals surface area contributed by atoms with Crippen LogP contribution in [0.5, 0.6) is 0 Å². The van der Waals surface area contributed by atoms with Gasteiger partial charge in [0.2, 0.25) is 5.91 Å². The van der Waals surface area contributed by atoms with Crippen LogP contribution in [0.3, 0.4) is 0 Å². The average Bonchev–Trinajstić information content (AvgIpc) is 2.99. The summed E-state index contributed by atoms with van der Waals surface area (Å²) in [5, 5.41) is 13.7. The molecule has 0 saturated carbocycles. The van der Waals surface area contributed by atoms with Gasteiger partial charge in [0.15, 0.2) is 0 Å². The number of aryl methyl sites for hydroxylation is 1. The van der Waals surface area contributed by atoms with Gasteiger partial charge >= 0.3 is 5.97 Å². The maximum Gasteiger partial charge on any atom is 0.326 e. The molecule has 2 heterocycles. The second-order valence-electron chi connectivity index (χ2n) is 6.49. The molecule has 0 bridgehead atoms. The zero-order valence-electron chi connectivity index (χ0n) is 13.8. The van der Waals surface area contributed by atoms with Crippen LogP contribution in [0.1, 0.15) is 43.6 Å². The van der Waals surface area contributed by atoms with Crippen LogP contribution in [0.25, 0.3) is 0 Å². The summed E-state index contributed by atoms with van der Waals surface area (Å²) in [6, 6.07) is -0.668. The molecule has 0 aliphatic carbocycles. The first kappa shape index (κ1) is 16.5. The number of nitrogens with zero attached hydrogens (tertiary/aromatic N) is 3. The summed E-state index contributed by atoms with van der Waals surface area (Å²) in [5.74, 6) is -0.536. The Bertz CT molecular complexity index is 577. The van der Waals surface area contributed by atoms with Gasteiger partial charge < -0.3 is 10.0 Å². The first-order valence-electron chi connectivity index (χ1n) is 7.86. The van der Waals surface area contributed by atoms with Crippen molar-refractivity contribution in [1.82, 2.24) is 14.7 Å². The van der Waals surface area contributed by atoms with Crippen LogP contribution >= 0.6 is 0 Å². The lowest BCUT2D eigenvalue weighted by atomic mass is 10.1. The molecule has 0 radical (unpaired) electrons. The molecule has 1 saturated heterocycles. The second-order valence-corrected chi connectivity index (χ2v) is 6.49. The number of hydrogen-bond donors (Lipinski definition) is 1. The van der Waals surface area contributed by atoms with E-state index in [1.807, 2.05) is 18.5 Å². The lowest BCUT2D eigenvalue weighted by Crippen LogP contribution is -2.41. The van der Waals surface area contributed by atoms with E-state index in [0.717, 1.165) is 29.9 Å². The lowest BCUT2D eigenvalue weighted by Gasteiger charge is -2.21. The van der Waals surface area contributed by atoms with E-state index >= 15 is 0 Å². The predicted molar refractivity (Wildman–Crippen MR) is 82.6 cm³/mol. The van der Waals surface area contributed by atoms with E-state index in [9.17, 15) is 14.7 Å². The highest BCUT2D eigenvalue weighted by Gasteiger charge is 2.34. The molecule has 6 nitrogen and oxygen atoms in total. The molecule has 0 aromatic carbocycles. The van der Waals surface area contributed by atoms with Gasteiger partial charge in [-0.2, -0.15) is 5.10 Å². The molecule has 0 spiro atoms. The van der Waals surface area contributed by atoms with Gasteiger partial charge in [-0.1, -0.05) is 13.8 Å². The molecule has 1 aromatic heterocycles. The van der Waals surface area contributed by atoms with Crippen molar-refractivity contribution >= 4 is 11.9 Å². The molecule has 1 fully saturated rings. The van der Waals surface area contributed by atoms with E-state index in [1.165, 1.54) is 4.90 Å². The topological polar surface area (TPSA) is 75.4 Å². The first-order valence-corrected chi connectivity index (χ1v) is 7.86. The number of carboxylic acid groups (broad SMARTS) is 1.